The molecule has 1 fully saturated rings. The zero-order chi connectivity index (χ0) is 19.6. The van der Waals surface area contributed by atoms with Crippen molar-refractivity contribution in [2.75, 3.05) is 23.3 Å². The molecule has 2 aromatic heterocycles. The van der Waals surface area contributed by atoms with E-state index in [-0.39, 0.29) is 11.8 Å². The van der Waals surface area contributed by atoms with Crippen LogP contribution in [0.2, 0.25) is 0 Å². The first kappa shape index (κ1) is 18.2. The number of nitrogens with zero attached hydrogens (tertiary/aromatic N) is 4. The monoisotopic (exact) mass is 405 g/mol. The third-order valence-corrected chi connectivity index (χ3v) is 6.55. The lowest BCUT2D eigenvalue weighted by molar-refractivity contribution is -0.120. The van der Waals surface area contributed by atoms with Gasteiger partial charge in [-0.3, -0.25) is 9.78 Å². The van der Waals surface area contributed by atoms with Crippen molar-refractivity contribution in [3.05, 3.63) is 53.3 Å². The molecule has 1 atom stereocenters. The number of carbonyl (C=O) groups excluding carboxylic acids is 1. The maximum atomic E-state index is 12.8. The number of hydrogen-bond donors (Lipinski definition) is 1. The topological polar surface area (TPSA) is 71.0 Å². The lowest BCUT2D eigenvalue weighted by Gasteiger charge is -2.32. The molecule has 0 bridgehead atoms. The molecule has 1 amide bonds. The summed E-state index contributed by atoms with van der Waals surface area (Å²) in [5, 5.41) is 5.73. The smallest absolute Gasteiger partial charge is 0.231 e. The fraction of sp³-hybridized carbons (Fsp3) is 0.364. The van der Waals surface area contributed by atoms with Gasteiger partial charge >= 0.3 is 0 Å². The molecule has 1 aliphatic heterocycles. The number of anilines is 2. The van der Waals surface area contributed by atoms with Crippen LogP contribution in [-0.2, 0) is 17.6 Å². The summed E-state index contributed by atoms with van der Waals surface area (Å²) in [6, 6.07) is 6.62. The Bertz CT molecular complexity index is 1020. The van der Waals surface area contributed by atoms with Crippen LogP contribution in [0.5, 0.6) is 0 Å². The number of aromatic nitrogens is 3. The molecule has 0 spiro atoms. The highest BCUT2D eigenvalue weighted by Gasteiger charge is 2.27. The minimum Gasteiger partial charge on any atom is -0.355 e. The first-order valence-electron chi connectivity index (χ1n) is 10.2. The Morgan fingerprint density at radius 3 is 3.00 bits per heavy atom. The summed E-state index contributed by atoms with van der Waals surface area (Å²) in [7, 11) is 0. The Morgan fingerprint density at radius 1 is 1.17 bits per heavy atom. The molecular weight excluding hydrogens is 382 g/mol. The van der Waals surface area contributed by atoms with Crippen LogP contribution in [0.1, 0.15) is 30.4 Å². The second kappa shape index (κ2) is 7.91. The van der Waals surface area contributed by atoms with Gasteiger partial charge in [0.15, 0.2) is 5.13 Å². The van der Waals surface area contributed by atoms with Gasteiger partial charge in [0.25, 0.3) is 0 Å². The van der Waals surface area contributed by atoms with E-state index in [1.807, 2.05) is 5.38 Å². The Kier molecular flexibility index (Phi) is 4.97. The molecule has 7 heteroatoms. The number of piperidine rings is 1. The Labute approximate surface area is 174 Å². The van der Waals surface area contributed by atoms with Gasteiger partial charge in [-0.1, -0.05) is 12.1 Å². The molecular formula is C22H23N5OS. The molecule has 1 unspecified atom stereocenters. The van der Waals surface area contributed by atoms with Gasteiger partial charge in [0.05, 0.1) is 17.8 Å². The van der Waals surface area contributed by atoms with Gasteiger partial charge in [-0.2, -0.15) is 0 Å². The molecule has 6 nitrogen and oxygen atoms in total. The largest absolute Gasteiger partial charge is 0.355 e. The fourth-order valence-corrected chi connectivity index (χ4v) is 4.98. The molecule has 0 saturated carbocycles. The summed E-state index contributed by atoms with van der Waals surface area (Å²) in [6.45, 7) is 1.57. The van der Waals surface area contributed by atoms with Crippen molar-refractivity contribution in [2.24, 2.45) is 5.92 Å². The van der Waals surface area contributed by atoms with Crippen molar-refractivity contribution in [1.82, 2.24) is 15.0 Å². The molecule has 29 heavy (non-hydrogen) atoms. The van der Waals surface area contributed by atoms with Crippen LogP contribution < -0.4 is 10.2 Å². The van der Waals surface area contributed by atoms with Crippen molar-refractivity contribution in [3.63, 3.8) is 0 Å². The van der Waals surface area contributed by atoms with Crippen molar-refractivity contribution in [2.45, 2.75) is 32.1 Å². The zero-order valence-corrected chi connectivity index (χ0v) is 17.0. The fourth-order valence-electron chi connectivity index (χ4n) is 4.26. The van der Waals surface area contributed by atoms with E-state index in [1.54, 1.807) is 18.6 Å². The quantitative estimate of drug-likeness (QED) is 0.712. The highest BCUT2D eigenvalue weighted by Crippen LogP contribution is 2.30. The van der Waals surface area contributed by atoms with Crippen molar-refractivity contribution in [1.29, 1.82) is 0 Å². The Balaban J connectivity index is 1.25. The second-order valence-corrected chi connectivity index (χ2v) is 8.57. The number of benzene rings is 1. The summed E-state index contributed by atoms with van der Waals surface area (Å²) in [5.74, 6) is 0.796. The Morgan fingerprint density at radius 2 is 2.10 bits per heavy atom. The normalized spacial score (nSPS) is 18.5. The van der Waals surface area contributed by atoms with E-state index in [2.05, 4.69) is 43.4 Å². The number of hydrogen-bond acceptors (Lipinski definition) is 6. The van der Waals surface area contributed by atoms with E-state index >= 15 is 0 Å². The van der Waals surface area contributed by atoms with Gasteiger partial charge in [0.1, 0.15) is 5.82 Å². The van der Waals surface area contributed by atoms with Crippen molar-refractivity contribution >= 4 is 28.2 Å². The van der Waals surface area contributed by atoms with E-state index in [0.717, 1.165) is 42.9 Å². The molecule has 1 aromatic carbocycles. The maximum Gasteiger partial charge on any atom is 0.231 e. The Hall–Kier alpha value is -2.80. The highest BCUT2D eigenvalue weighted by molar-refractivity contribution is 7.14. The number of nitrogens with one attached hydrogen (secondary N) is 1. The summed E-state index contributed by atoms with van der Waals surface area (Å²) in [6.07, 6.45) is 10.5. The first-order chi connectivity index (χ1) is 14.3. The average Bonchev–Trinajstić information content (AvgIpc) is 3.43. The van der Waals surface area contributed by atoms with Gasteiger partial charge in [-0.05, 0) is 49.3 Å². The number of carbonyl (C=O) groups is 1. The molecule has 1 saturated heterocycles. The molecule has 1 aliphatic carbocycles. The van der Waals surface area contributed by atoms with Crippen LogP contribution in [0.4, 0.5) is 10.9 Å². The lowest BCUT2D eigenvalue weighted by atomic mass is 9.97. The van der Waals surface area contributed by atoms with Crippen molar-refractivity contribution < 1.29 is 4.79 Å². The van der Waals surface area contributed by atoms with E-state index in [9.17, 15) is 4.79 Å². The van der Waals surface area contributed by atoms with Gasteiger partial charge in [-0.15, -0.1) is 11.3 Å². The number of amides is 1. The number of thiazole rings is 1. The summed E-state index contributed by atoms with van der Waals surface area (Å²) < 4.78 is 0. The number of rotatable bonds is 4. The predicted octanol–water partition coefficient (Wildman–Crippen LogP) is 3.94. The molecule has 5 rings (SSSR count). The standard InChI is InChI=1S/C22H23N5OS/c28-21(18-5-2-10-27(13-18)20-12-23-8-9-24-20)26-22-25-19(14-29-22)17-7-6-15-3-1-4-16(15)11-17/h6-9,11-12,14,18H,1-5,10,13H2,(H,25,26,28). The number of aryl methyl sites for hydroxylation is 2. The molecule has 3 heterocycles. The average molecular weight is 406 g/mol. The summed E-state index contributed by atoms with van der Waals surface area (Å²) in [5.41, 5.74) is 4.97. The van der Waals surface area contributed by atoms with Gasteiger partial charge < -0.3 is 10.2 Å². The minimum atomic E-state index is -0.0712. The van der Waals surface area contributed by atoms with Gasteiger partial charge in [0.2, 0.25) is 5.91 Å². The highest BCUT2D eigenvalue weighted by atomic mass is 32.1. The summed E-state index contributed by atoms with van der Waals surface area (Å²) >= 11 is 1.49. The third kappa shape index (κ3) is 3.87. The van der Waals surface area contributed by atoms with Crippen LogP contribution in [0.3, 0.4) is 0 Å². The van der Waals surface area contributed by atoms with Crippen LogP contribution in [0.25, 0.3) is 11.3 Å². The van der Waals surface area contributed by atoms with Crippen LogP contribution in [0.15, 0.2) is 42.2 Å². The predicted molar refractivity (Wildman–Crippen MR) is 115 cm³/mol. The second-order valence-electron chi connectivity index (χ2n) is 7.71. The minimum absolute atomic E-state index is 0.0356. The molecule has 3 aromatic rings. The SMILES string of the molecule is O=C(Nc1nc(-c2ccc3c(c2)CCC3)cs1)C1CCCN(c2cnccn2)C1. The van der Waals surface area contributed by atoms with Gasteiger partial charge in [-0.25, -0.2) is 9.97 Å². The van der Waals surface area contributed by atoms with Crippen molar-refractivity contribution in [3.8, 4) is 11.3 Å². The number of fused-ring (bicyclic) bond motifs is 1. The van der Waals surface area contributed by atoms with Crippen LogP contribution >= 0.6 is 11.3 Å². The first-order valence-corrected chi connectivity index (χ1v) is 11.0. The molecule has 2 aliphatic rings. The van der Waals surface area contributed by atoms with E-state index in [1.165, 1.54) is 35.3 Å². The lowest BCUT2D eigenvalue weighted by Crippen LogP contribution is -2.41. The molecule has 1 N–H and O–H groups in total. The van der Waals surface area contributed by atoms with E-state index in [0.29, 0.717) is 11.7 Å². The molecule has 148 valence electrons. The maximum absolute atomic E-state index is 12.8. The van der Waals surface area contributed by atoms with E-state index in [4.69, 9.17) is 0 Å². The van der Waals surface area contributed by atoms with Crippen LogP contribution in [0, 0.1) is 5.92 Å². The zero-order valence-electron chi connectivity index (χ0n) is 16.2. The summed E-state index contributed by atoms with van der Waals surface area (Å²) in [4.78, 5) is 28.1. The van der Waals surface area contributed by atoms with Crippen LogP contribution in [-0.4, -0.2) is 33.9 Å². The molecule has 0 radical (unpaired) electrons. The third-order valence-electron chi connectivity index (χ3n) is 5.79. The van der Waals surface area contributed by atoms with E-state index < -0.39 is 0 Å². The van der Waals surface area contributed by atoms with Gasteiger partial charge in [0, 0.05) is 36.4 Å².